The van der Waals surface area contributed by atoms with Crippen LogP contribution in [-0.4, -0.2) is 49.8 Å². The Morgan fingerprint density at radius 1 is 0.900 bits per heavy atom. The Kier molecular flexibility index (Phi) is 10.6. The highest BCUT2D eigenvalue weighted by atomic mass is 35.5. The number of benzene rings is 3. The van der Waals surface area contributed by atoms with Gasteiger partial charge in [-0.15, -0.1) is 0 Å². The van der Waals surface area contributed by atoms with E-state index in [1.807, 2.05) is 58.0 Å². The van der Waals surface area contributed by atoms with Crippen molar-refractivity contribution >= 4 is 50.7 Å². The number of carbonyl (C=O) groups is 2. The first-order valence-corrected chi connectivity index (χ1v) is 15.2. The molecule has 2 amide bonds. The Balaban J connectivity index is 2.05. The molecule has 1 N–H and O–H groups in total. The van der Waals surface area contributed by atoms with E-state index in [9.17, 15) is 18.0 Å². The minimum Gasteiger partial charge on any atom is -0.350 e. The standard InChI is InChI=1S/C30H35Cl2N3O4S/c1-5-25(29(37)33-30(2,3)4)34(20-19-22-13-8-6-9-14-22)27(36)21-35(26-18-12-17-24(31)28(26)32)40(38,39)23-15-10-7-11-16-23/h6-18,25H,5,19-21H2,1-4H3,(H,33,37)/t25-/m0/s1. The predicted molar refractivity (Wildman–Crippen MR) is 161 cm³/mol. The number of anilines is 1. The van der Waals surface area contributed by atoms with Crippen molar-refractivity contribution in [1.82, 2.24) is 10.2 Å². The number of rotatable bonds is 11. The van der Waals surface area contributed by atoms with Crippen LogP contribution in [0.25, 0.3) is 0 Å². The number of halogens is 2. The van der Waals surface area contributed by atoms with Gasteiger partial charge in [-0.25, -0.2) is 8.42 Å². The Morgan fingerprint density at radius 2 is 1.50 bits per heavy atom. The van der Waals surface area contributed by atoms with Crippen LogP contribution in [0.1, 0.15) is 39.7 Å². The zero-order valence-electron chi connectivity index (χ0n) is 23.1. The number of nitrogens with zero attached hydrogens (tertiary/aromatic N) is 2. The predicted octanol–water partition coefficient (Wildman–Crippen LogP) is 5.95. The zero-order valence-corrected chi connectivity index (χ0v) is 25.4. The molecule has 0 saturated heterocycles. The van der Waals surface area contributed by atoms with Crippen molar-refractivity contribution in [3.63, 3.8) is 0 Å². The normalized spacial score (nSPS) is 12.4. The SMILES string of the molecule is CC[C@@H](C(=O)NC(C)(C)C)N(CCc1ccccc1)C(=O)CN(c1cccc(Cl)c1Cl)S(=O)(=O)c1ccccc1. The van der Waals surface area contributed by atoms with Crippen LogP contribution in [0.5, 0.6) is 0 Å². The average Bonchev–Trinajstić information content (AvgIpc) is 2.91. The van der Waals surface area contributed by atoms with Crippen LogP contribution < -0.4 is 9.62 Å². The van der Waals surface area contributed by atoms with Gasteiger partial charge in [0.25, 0.3) is 10.0 Å². The lowest BCUT2D eigenvalue weighted by Gasteiger charge is -2.35. The molecular formula is C30H35Cl2N3O4S. The van der Waals surface area contributed by atoms with Crippen LogP contribution in [0.4, 0.5) is 5.69 Å². The monoisotopic (exact) mass is 603 g/mol. The van der Waals surface area contributed by atoms with Gasteiger partial charge in [-0.05, 0) is 63.4 Å². The summed E-state index contributed by atoms with van der Waals surface area (Å²) in [7, 11) is -4.23. The topological polar surface area (TPSA) is 86.8 Å². The molecule has 0 bridgehead atoms. The van der Waals surface area contributed by atoms with Gasteiger partial charge in [-0.1, -0.05) is 84.7 Å². The molecule has 7 nitrogen and oxygen atoms in total. The van der Waals surface area contributed by atoms with E-state index in [2.05, 4.69) is 5.32 Å². The van der Waals surface area contributed by atoms with Gasteiger partial charge in [0.05, 0.1) is 20.6 Å². The van der Waals surface area contributed by atoms with Crippen molar-refractivity contribution in [3.05, 3.63) is 94.5 Å². The van der Waals surface area contributed by atoms with Gasteiger partial charge in [0.1, 0.15) is 12.6 Å². The van der Waals surface area contributed by atoms with E-state index in [4.69, 9.17) is 23.2 Å². The van der Waals surface area contributed by atoms with Gasteiger partial charge in [0.2, 0.25) is 11.8 Å². The van der Waals surface area contributed by atoms with Crippen molar-refractivity contribution in [2.75, 3.05) is 17.4 Å². The highest BCUT2D eigenvalue weighted by Gasteiger charge is 2.35. The summed E-state index contributed by atoms with van der Waals surface area (Å²) in [6.45, 7) is 7.05. The highest BCUT2D eigenvalue weighted by molar-refractivity contribution is 7.92. The van der Waals surface area contributed by atoms with Crippen LogP contribution in [-0.2, 0) is 26.0 Å². The number of hydrogen-bond acceptors (Lipinski definition) is 4. The van der Waals surface area contributed by atoms with Crippen molar-refractivity contribution in [3.8, 4) is 0 Å². The summed E-state index contributed by atoms with van der Waals surface area (Å²) in [5.41, 5.74) is 0.537. The van der Waals surface area contributed by atoms with Crippen LogP contribution in [0.3, 0.4) is 0 Å². The Labute approximate surface area is 247 Å². The third-order valence-electron chi connectivity index (χ3n) is 6.18. The Morgan fingerprint density at radius 3 is 2.08 bits per heavy atom. The van der Waals surface area contributed by atoms with E-state index in [1.54, 1.807) is 30.3 Å². The molecule has 0 spiro atoms. The number of nitrogens with one attached hydrogen (secondary N) is 1. The molecule has 0 heterocycles. The lowest BCUT2D eigenvalue weighted by Crippen LogP contribution is -2.56. The summed E-state index contributed by atoms with van der Waals surface area (Å²) in [4.78, 5) is 28.9. The van der Waals surface area contributed by atoms with E-state index in [0.717, 1.165) is 9.87 Å². The van der Waals surface area contributed by atoms with Gasteiger partial charge < -0.3 is 10.2 Å². The quantitative estimate of drug-likeness (QED) is 0.293. The number of carbonyl (C=O) groups excluding carboxylic acids is 2. The van der Waals surface area contributed by atoms with Crippen molar-refractivity contribution in [1.29, 1.82) is 0 Å². The van der Waals surface area contributed by atoms with Crippen LogP contribution in [0, 0.1) is 0 Å². The van der Waals surface area contributed by atoms with Gasteiger partial charge in [0, 0.05) is 12.1 Å². The van der Waals surface area contributed by atoms with Crippen LogP contribution in [0.15, 0.2) is 83.8 Å². The molecule has 3 rings (SSSR count). The van der Waals surface area contributed by atoms with E-state index < -0.39 is 34.1 Å². The molecule has 0 aliphatic rings. The van der Waals surface area contributed by atoms with E-state index >= 15 is 0 Å². The molecule has 10 heteroatoms. The maximum Gasteiger partial charge on any atom is 0.264 e. The molecule has 0 radical (unpaired) electrons. The van der Waals surface area contributed by atoms with E-state index in [1.165, 1.54) is 23.1 Å². The maximum absolute atomic E-state index is 14.1. The molecule has 40 heavy (non-hydrogen) atoms. The third-order valence-corrected chi connectivity index (χ3v) is 8.76. The van der Waals surface area contributed by atoms with Crippen molar-refractivity contribution < 1.29 is 18.0 Å². The lowest BCUT2D eigenvalue weighted by molar-refractivity contribution is -0.140. The van der Waals surface area contributed by atoms with Gasteiger partial charge in [0.15, 0.2) is 0 Å². The molecule has 0 aliphatic heterocycles. The molecule has 0 fully saturated rings. The third kappa shape index (κ3) is 7.99. The van der Waals surface area contributed by atoms with E-state index in [-0.39, 0.29) is 33.1 Å². The molecule has 3 aromatic carbocycles. The smallest absolute Gasteiger partial charge is 0.264 e. The van der Waals surface area contributed by atoms with Crippen molar-refractivity contribution in [2.24, 2.45) is 0 Å². The molecule has 0 aromatic heterocycles. The molecule has 0 aliphatic carbocycles. The Bertz CT molecular complexity index is 1410. The zero-order chi connectivity index (χ0) is 29.5. The summed E-state index contributed by atoms with van der Waals surface area (Å²) >= 11 is 12.7. The highest BCUT2D eigenvalue weighted by Crippen LogP contribution is 2.35. The fourth-order valence-corrected chi connectivity index (χ4v) is 6.16. The summed E-state index contributed by atoms with van der Waals surface area (Å²) < 4.78 is 28.7. The number of hydrogen-bond donors (Lipinski definition) is 1. The maximum atomic E-state index is 14.1. The molecule has 214 valence electrons. The average molecular weight is 605 g/mol. The molecular weight excluding hydrogens is 569 g/mol. The Hall–Kier alpha value is -3.07. The summed E-state index contributed by atoms with van der Waals surface area (Å²) in [6.07, 6.45) is 0.820. The number of amides is 2. The summed E-state index contributed by atoms with van der Waals surface area (Å²) in [5.74, 6) is -0.850. The van der Waals surface area contributed by atoms with Crippen molar-refractivity contribution in [2.45, 2.75) is 57.0 Å². The first-order valence-electron chi connectivity index (χ1n) is 13.0. The fourth-order valence-electron chi connectivity index (χ4n) is 4.27. The molecule has 0 unspecified atom stereocenters. The fraction of sp³-hybridized carbons (Fsp3) is 0.333. The van der Waals surface area contributed by atoms with Crippen LogP contribution in [0.2, 0.25) is 10.0 Å². The second kappa shape index (κ2) is 13.5. The largest absolute Gasteiger partial charge is 0.350 e. The van der Waals surface area contributed by atoms with Crippen LogP contribution >= 0.6 is 23.2 Å². The lowest BCUT2D eigenvalue weighted by atomic mass is 10.1. The molecule has 3 aromatic rings. The second-order valence-electron chi connectivity index (χ2n) is 10.4. The van der Waals surface area contributed by atoms with E-state index in [0.29, 0.717) is 12.8 Å². The summed E-state index contributed by atoms with van der Waals surface area (Å²) in [5, 5.41) is 3.11. The van der Waals surface area contributed by atoms with Gasteiger partial charge in [-0.3, -0.25) is 13.9 Å². The number of sulfonamides is 1. The molecule has 1 atom stereocenters. The van der Waals surface area contributed by atoms with Gasteiger partial charge in [-0.2, -0.15) is 0 Å². The first kappa shape index (κ1) is 31.5. The molecule has 0 saturated carbocycles. The second-order valence-corrected chi connectivity index (χ2v) is 13.0. The minimum absolute atomic E-state index is 0.00447. The minimum atomic E-state index is -4.23. The summed E-state index contributed by atoms with van der Waals surface area (Å²) in [6, 6.07) is 21.2. The van der Waals surface area contributed by atoms with Gasteiger partial charge >= 0.3 is 0 Å². The first-order chi connectivity index (χ1) is 18.8.